The zero-order chi connectivity index (χ0) is 15.5. The Balaban J connectivity index is 1.61. The van der Waals surface area contributed by atoms with E-state index < -0.39 is 0 Å². The molecule has 1 amide bonds. The molecule has 0 atom stereocenters. The summed E-state index contributed by atoms with van der Waals surface area (Å²) in [5.74, 6) is -0.318. The summed E-state index contributed by atoms with van der Waals surface area (Å²) in [6, 6.07) is 14.2. The average molecular weight is 296 g/mol. The van der Waals surface area contributed by atoms with Crippen molar-refractivity contribution in [2.24, 2.45) is 0 Å². The van der Waals surface area contributed by atoms with Crippen LogP contribution in [-0.4, -0.2) is 10.9 Å². The fraction of sp³-hybridized carbons (Fsp3) is 0.167. The van der Waals surface area contributed by atoms with Crippen LogP contribution in [0.15, 0.2) is 48.5 Å². The quantitative estimate of drug-likeness (QED) is 0.760. The lowest BCUT2D eigenvalue weighted by molar-refractivity contribution is -0.120. The second-order valence-corrected chi connectivity index (χ2v) is 5.45. The molecule has 1 heterocycles. The Kier molecular flexibility index (Phi) is 3.92. The smallest absolute Gasteiger partial charge is 0.224 e. The van der Waals surface area contributed by atoms with Crippen LogP contribution in [0.25, 0.3) is 10.9 Å². The van der Waals surface area contributed by atoms with Gasteiger partial charge in [0, 0.05) is 17.8 Å². The van der Waals surface area contributed by atoms with E-state index in [1.165, 1.54) is 12.1 Å². The van der Waals surface area contributed by atoms with Crippen molar-refractivity contribution in [2.45, 2.75) is 19.9 Å². The van der Waals surface area contributed by atoms with E-state index in [2.05, 4.69) is 16.4 Å². The summed E-state index contributed by atoms with van der Waals surface area (Å²) in [4.78, 5) is 15.3. The predicted molar refractivity (Wildman–Crippen MR) is 85.0 cm³/mol. The molecule has 0 aliphatic carbocycles. The highest BCUT2D eigenvalue weighted by atomic mass is 19.1. The molecular weight excluding hydrogens is 279 g/mol. The lowest BCUT2D eigenvalue weighted by Gasteiger charge is -2.06. The normalized spacial score (nSPS) is 10.8. The first-order chi connectivity index (χ1) is 10.6. The van der Waals surface area contributed by atoms with Gasteiger partial charge in [-0.3, -0.25) is 4.79 Å². The lowest BCUT2D eigenvalue weighted by Crippen LogP contribution is -2.24. The van der Waals surface area contributed by atoms with Crippen molar-refractivity contribution in [1.29, 1.82) is 0 Å². The number of nitrogens with one attached hydrogen (secondary N) is 2. The average Bonchev–Trinajstić information content (AvgIpc) is 2.86. The number of carbonyl (C=O) groups excluding carboxylic acids is 1. The molecule has 22 heavy (non-hydrogen) atoms. The summed E-state index contributed by atoms with van der Waals surface area (Å²) in [7, 11) is 0. The molecule has 112 valence electrons. The van der Waals surface area contributed by atoms with Crippen molar-refractivity contribution in [3.05, 3.63) is 71.2 Å². The van der Waals surface area contributed by atoms with E-state index in [-0.39, 0.29) is 11.7 Å². The molecule has 0 fully saturated rings. The first-order valence-corrected chi connectivity index (χ1v) is 7.19. The number of carbonyl (C=O) groups is 1. The third kappa shape index (κ3) is 3.34. The number of rotatable bonds is 4. The maximum Gasteiger partial charge on any atom is 0.224 e. The Morgan fingerprint density at radius 3 is 2.59 bits per heavy atom. The van der Waals surface area contributed by atoms with Gasteiger partial charge in [0.2, 0.25) is 5.91 Å². The molecular formula is C18H17FN2O. The minimum Gasteiger partial charge on any atom is -0.359 e. The number of fused-ring (bicyclic) bond motifs is 1. The van der Waals surface area contributed by atoms with Gasteiger partial charge >= 0.3 is 0 Å². The van der Waals surface area contributed by atoms with E-state index in [0.29, 0.717) is 13.0 Å². The molecule has 0 bridgehead atoms. The van der Waals surface area contributed by atoms with Gasteiger partial charge in [-0.2, -0.15) is 0 Å². The Labute approximate surface area is 128 Å². The van der Waals surface area contributed by atoms with Crippen LogP contribution in [0.5, 0.6) is 0 Å². The maximum absolute atomic E-state index is 12.8. The second kappa shape index (κ2) is 6.02. The third-order valence-electron chi connectivity index (χ3n) is 3.59. The molecule has 3 aromatic rings. The van der Waals surface area contributed by atoms with E-state index in [0.717, 1.165) is 27.7 Å². The van der Waals surface area contributed by atoms with Crippen molar-refractivity contribution in [3.63, 3.8) is 0 Å². The van der Waals surface area contributed by atoms with Gasteiger partial charge in [0.1, 0.15) is 5.82 Å². The van der Waals surface area contributed by atoms with Gasteiger partial charge in [-0.05, 0) is 53.8 Å². The minimum absolute atomic E-state index is 0.0454. The Morgan fingerprint density at radius 1 is 1.09 bits per heavy atom. The van der Waals surface area contributed by atoms with E-state index in [1.807, 2.05) is 25.1 Å². The van der Waals surface area contributed by atoms with Crippen LogP contribution in [0.2, 0.25) is 0 Å². The largest absolute Gasteiger partial charge is 0.359 e. The van der Waals surface area contributed by atoms with Gasteiger partial charge in [0.15, 0.2) is 0 Å². The van der Waals surface area contributed by atoms with Crippen molar-refractivity contribution in [3.8, 4) is 0 Å². The predicted octanol–water partition coefficient (Wildman–Crippen LogP) is 3.47. The van der Waals surface area contributed by atoms with Crippen LogP contribution in [0.1, 0.15) is 16.8 Å². The fourth-order valence-corrected chi connectivity index (χ4v) is 2.49. The molecule has 0 unspecified atom stereocenters. The van der Waals surface area contributed by atoms with Gasteiger partial charge in [-0.25, -0.2) is 4.39 Å². The Morgan fingerprint density at radius 2 is 1.82 bits per heavy atom. The molecule has 0 saturated carbocycles. The highest BCUT2D eigenvalue weighted by Crippen LogP contribution is 2.17. The zero-order valence-corrected chi connectivity index (χ0v) is 12.3. The van der Waals surface area contributed by atoms with Crippen molar-refractivity contribution in [1.82, 2.24) is 10.3 Å². The standard InChI is InChI=1S/C18H17FN2O/c1-12-8-15-9-14(4-7-17(15)21-12)10-18(22)20-11-13-2-5-16(19)6-3-13/h2-9,21H,10-11H2,1H3,(H,20,22). The third-order valence-corrected chi connectivity index (χ3v) is 3.59. The van der Waals surface area contributed by atoms with Gasteiger partial charge in [-0.15, -0.1) is 0 Å². The molecule has 2 N–H and O–H groups in total. The van der Waals surface area contributed by atoms with Crippen LogP contribution in [0, 0.1) is 12.7 Å². The second-order valence-electron chi connectivity index (χ2n) is 5.45. The summed E-state index contributed by atoms with van der Waals surface area (Å²) in [5, 5.41) is 3.96. The van der Waals surface area contributed by atoms with Gasteiger partial charge < -0.3 is 10.3 Å². The van der Waals surface area contributed by atoms with Crippen LogP contribution < -0.4 is 5.32 Å². The number of amides is 1. The van der Waals surface area contributed by atoms with Gasteiger partial charge in [-0.1, -0.05) is 18.2 Å². The molecule has 1 aromatic heterocycles. The summed E-state index contributed by atoms with van der Waals surface area (Å²) in [6.07, 6.45) is 0.335. The molecule has 0 saturated heterocycles. The Bertz CT molecular complexity index is 806. The number of aromatic nitrogens is 1. The molecule has 0 aliphatic heterocycles. The number of hydrogen-bond donors (Lipinski definition) is 2. The van der Waals surface area contributed by atoms with Crippen LogP contribution >= 0.6 is 0 Å². The summed E-state index contributed by atoms with van der Waals surface area (Å²) in [5.41, 5.74) is 4.04. The van der Waals surface area contributed by atoms with E-state index in [4.69, 9.17) is 0 Å². The zero-order valence-electron chi connectivity index (χ0n) is 12.3. The number of benzene rings is 2. The SMILES string of the molecule is Cc1cc2cc(CC(=O)NCc3ccc(F)cc3)ccc2[nH]1. The van der Waals surface area contributed by atoms with E-state index in [1.54, 1.807) is 12.1 Å². The maximum atomic E-state index is 12.8. The number of halogens is 1. The first kappa shape index (κ1) is 14.3. The number of aryl methyl sites for hydroxylation is 1. The number of hydrogen-bond acceptors (Lipinski definition) is 1. The molecule has 0 radical (unpaired) electrons. The van der Waals surface area contributed by atoms with Gasteiger partial charge in [0.05, 0.1) is 6.42 Å². The number of aromatic amines is 1. The highest BCUT2D eigenvalue weighted by molar-refractivity contribution is 5.84. The molecule has 3 rings (SSSR count). The van der Waals surface area contributed by atoms with Crippen LogP contribution in [0.3, 0.4) is 0 Å². The fourth-order valence-electron chi connectivity index (χ4n) is 2.49. The summed E-state index contributed by atoms with van der Waals surface area (Å²) < 4.78 is 12.8. The van der Waals surface area contributed by atoms with Crippen LogP contribution in [0.4, 0.5) is 4.39 Å². The molecule has 4 heteroatoms. The van der Waals surface area contributed by atoms with E-state index in [9.17, 15) is 9.18 Å². The topological polar surface area (TPSA) is 44.9 Å². The molecule has 0 spiro atoms. The van der Waals surface area contributed by atoms with Gasteiger partial charge in [0.25, 0.3) is 0 Å². The summed E-state index contributed by atoms with van der Waals surface area (Å²) in [6.45, 7) is 2.42. The minimum atomic E-state index is -0.273. The lowest BCUT2D eigenvalue weighted by atomic mass is 10.1. The first-order valence-electron chi connectivity index (χ1n) is 7.19. The van der Waals surface area contributed by atoms with Crippen molar-refractivity contribution < 1.29 is 9.18 Å². The number of H-pyrrole nitrogens is 1. The Hall–Kier alpha value is -2.62. The molecule has 2 aromatic carbocycles. The van der Waals surface area contributed by atoms with Crippen LogP contribution in [-0.2, 0) is 17.8 Å². The van der Waals surface area contributed by atoms with Crippen molar-refractivity contribution in [2.75, 3.05) is 0 Å². The van der Waals surface area contributed by atoms with E-state index >= 15 is 0 Å². The molecule has 3 nitrogen and oxygen atoms in total. The molecule has 0 aliphatic rings. The highest BCUT2D eigenvalue weighted by Gasteiger charge is 2.05. The monoisotopic (exact) mass is 296 g/mol. The van der Waals surface area contributed by atoms with Crippen molar-refractivity contribution >= 4 is 16.8 Å². The summed E-state index contributed by atoms with van der Waals surface area (Å²) >= 11 is 0.